The number of nitrogens with one attached hydrogen (secondary N) is 2. The van der Waals surface area contributed by atoms with Crippen LogP contribution in [-0.2, 0) is 14.3 Å². The number of para-hydroxylation sites is 2. The van der Waals surface area contributed by atoms with Gasteiger partial charge in [0, 0.05) is 26.7 Å². The molecule has 0 radical (unpaired) electrons. The molecule has 2 N–H and O–H groups in total. The van der Waals surface area contributed by atoms with E-state index >= 15 is 0 Å². The first-order chi connectivity index (χ1) is 10.3. The van der Waals surface area contributed by atoms with Crippen LogP contribution in [-0.4, -0.2) is 59.0 Å². The van der Waals surface area contributed by atoms with Gasteiger partial charge in [0.25, 0.3) is 0 Å². The van der Waals surface area contributed by atoms with Crippen molar-refractivity contribution < 1.29 is 14.3 Å². The van der Waals surface area contributed by atoms with Crippen molar-refractivity contribution in [2.75, 3.05) is 63.3 Å². The van der Waals surface area contributed by atoms with Crippen LogP contribution in [0.5, 0.6) is 0 Å². The Labute approximate surface area is 125 Å². The normalized spacial score (nSPS) is 15.0. The van der Waals surface area contributed by atoms with Gasteiger partial charge in [0.1, 0.15) is 0 Å². The van der Waals surface area contributed by atoms with Crippen LogP contribution in [0.4, 0.5) is 11.4 Å². The number of nitrogens with zero attached hydrogens (tertiary/aromatic N) is 1. The van der Waals surface area contributed by atoms with E-state index < -0.39 is 0 Å². The highest BCUT2D eigenvalue weighted by atomic mass is 16.5. The van der Waals surface area contributed by atoms with E-state index in [1.54, 1.807) is 7.11 Å². The summed E-state index contributed by atoms with van der Waals surface area (Å²) in [7, 11) is 1.64. The summed E-state index contributed by atoms with van der Waals surface area (Å²) in [5.41, 5.74) is 1.89. The minimum atomic E-state index is -0.0492. The molecule has 6 nitrogen and oxygen atoms in total. The first-order valence-corrected chi connectivity index (χ1v) is 7.22. The molecule has 21 heavy (non-hydrogen) atoms. The van der Waals surface area contributed by atoms with Crippen LogP contribution >= 0.6 is 0 Å². The Morgan fingerprint density at radius 2 is 2.10 bits per heavy atom. The van der Waals surface area contributed by atoms with Crippen LogP contribution in [0, 0.1) is 0 Å². The first-order valence-electron chi connectivity index (χ1n) is 7.22. The maximum Gasteiger partial charge on any atom is 0.238 e. The van der Waals surface area contributed by atoms with Crippen molar-refractivity contribution in [3.8, 4) is 0 Å². The average Bonchev–Trinajstić information content (AvgIpc) is 2.53. The summed E-state index contributed by atoms with van der Waals surface area (Å²) < 4.78 is 10.3. The lowest BCUT2D eigenvalue weighted by molar-refractivity contribution is -0.115. The van der Waals surface area contributed by atoms with E-state index in [1.807, 2.05) is 24.3 Å². The SMILES string of the molecule is COCCNCC(=O)Nc1ccccc1N1CCOCC1. The van der Waals surface area contributed by atoms with E-state index in [0.717, 1.165) is 37.7 Å². The topological polar surface area (TPSA) is 62.8 Å². The highest BCUT2D eigenvalue weighted by Gasteiger charge is 2.15. The zero-order valence-electron chi connectivity index (χ0n) is 12.4. The molecule has 0 aliphatic carbocycles. The smallest absolute Gasteiger partial charge is 0.238 e. The second-order valence-corrected chi connectivity index (χ2v) is 4.83. The third-order valence-electron chi connectivity index (χ3n) is 3.30. The Morgan fingerprint density at radius 1 is 1.33 bits per heavy atom. The lowest BCUT2D eigenvalue weighted by Crippen LogP contribution is -2.37. The van der Waals surface area contributed by atoms with Crippen molar-refractivity contribution in [3.05, 3.63) is 24.3 Å². The summed E-state index contributed by atoms with van der Waals surface area (Å²) in [6.45, 7) is 4.67. The van der Waals surface area contributed by atoms with E-state index in [0.29, 0.717) is 13.2 Å². The number of ether oxygens (including phenoxy) is 2. The average molecular weight is 293 g/mol. The summed E-state index contributed by atoms with van der Waals surface area (Å²) in [6, 6.07) is 7.87. The molecule has 1 aromatic carbocycles. The zero-order valence-corrected chi connectivity index (χ0v) is 12.4. The number of methoxy groups -OCH3 is 1. The lowest BCUT2D eigenvalue weighted by Gasteiger charge is -2.30. The molecule has 1 fully saturated rings. The second kappa shape index (κ2) is 8.61. The van der Waals surface area contributed by atoms with Gasteiger partial charge < -0.3 is 25.0 Å². The Hall–Kier alpha value is -1.63. The molecule has 0 bridgehead atoms. The number of hydrogen-bond donors (Lipinski definition) is 2. The minimum absolute atomic E-state index is 0.0492. The Balaban J connectivity index is 1.91. The van der Waals surface area contributed by atoms with Crippen LogP contribution in [0.3, 0.4) is 0 Å². The molecule has 1 heterocycles. The van der Waals surface area contributed by atoms with Crippen molar-refractivity contribution >= 4 is 17.3 Å². The Morgan fingerprint density at radius 3 is 2.86 bits per heavy atom. The van der Waals surface area contributed by atoms with Crippen LogP contribution in [0.1, 0.15) is 0 Å². The second-order valence-electron chi connectivity index (χ2n) is 4.83. The fourth-order valence-corrected chi connectivity index (χ4v) is 2.23. The van der Waals surface area contributed by atoms with Gasteiger partial charge >= 0.3 is 0 Å². The summed E-state index contributed by atoms with van der Waals surface area (Å²) in [5.74, 6) is -0.0492. The third kappa shape index (κ3) is 5.00. The van der Waals surface area contributed by atoms with E-state index in [-0.39, 0.29) is 12.5 Å². The van der Waals surface area contributed by atoms with Crippen LogP contribution in [0.2, 0.25) is 0 Å². The molecule has 1 aromatic rings. The highest BCUT2D eigenvalue weighted by molar-refractivity contribution is 5.95. The number of carbonyl (C=O) groups excluding carboxylic acids is 1. The maximum absolute atomic E-state index is 12.0. The molecule has 0 aromatic heterocycles. The van der Waals surface area contributed by atoms with E-state index in [1.165, 1.54) is 0 Å². The number of rotatable bonds is 7. The fraction of sp³-hybridized carbons (Fsp3) is 0.533. The molecule has 116 valence electrons. The molecule has 1 saturated heterocycles. The fourth-order valence-electron chi connectivity index (χ4n) is 2.23. The molecular formula is C15H23N3O3. The van der Waals surface area contributed by atoms with Gasteiger partial charge in [-0.05, 0) is 12.1 Å². The van der Waals surface area contributed by atoms with Crippen molar-refractivity contribution in [2.24, 2.45) is 0 Å². The maximum atomic E-state index is 12.0. The van der Waals surface area contributed by atoms with Crippen molar-refractivity contribution in [3.63, 3.8) is 0 Å². The van der Waals surface area contributed by atoms with Gasteiger partial charge in [-0.25, -0.2) is 0 Å². The number of anilines is 2. The van der Waals surface area contributed by atoms with Gasteiger partial charge in [0.2, 0.25) is 5.91 Å². The molecular weight excluding hydrogens is 270 g/mol. The van der Waals surface area contributed by atoms with E-state index in [4.69, 9.17) is 9.47 Å². The highest BCUT2D eigenvalue weighted by Crippen LogP contribution is 2.26. The van der Waals surface area contributed by atoms with Crippen molar-refractivity contribution in [2.45, 2.75) is 0 Å². The third-order valence-corrected chi connectivity index (χ3v) is 3.30. The minimum Gasteiger partial charge on any atom is -0.383 e. The summed E-state index contributed by atoms with van der Waals surface area (Å²) in [4.78, 5) is 14.2. The molecule has 6 heteroatoms. The van der Waals surface area contributed by atoms with Crippen LogP contribution < -0.4 is 15.5 Å². The molecule has 0 atom stereocenters. The zero-order chi connectivity index (χ0) is 14.9. The Kier molecular flexibility index (Phi) is 6.46. The van der Waals surface area contributed by atoms with Crippen LogP contribution in [0.25, 0.3) is 0 Å². The molecule has 0 spiro atoms. The number of hydrogen-bond acceptors (Lipinski definition) is 5. The number of morpholine rings is 1. The lowest BCUT2D eigenvalue weighted by atomic mass is 10.2. The first kappa shape index (κ1) is 15.8. The number of amides is 1. The van der Waals surface area contributed by atoms with Gasteiger partial charge in [-0.3, -0.25) is 4.79 Å². The molecule has 1 aliphatic rings. The van der Waals surface area contributed by atoms with Crippen molar-refractivity contribution in [1.82, 2.24) is 5.32 Å². The largest absolute Gasteiger partial charge is 0.383 e. The summed E-state index contributed by atoms with van der Waals surface area (Å²) in [6.07, 6.45) is 0. The van der Waals surface area contributed by atoms with Crippen LogP contribution in [0.15, 0.2) is 24.3 Å². The van der Waals surface area contributed by atoms with E-state index in [9.17, 15) is 4.79 Å². The predicted molar refractivity (Wildman–Crippen MR) is 82.8 cm³/mol. The van der Waals surface area contributed by atoms with Gasteiger partial charge in [-0.15, -0.1) is 0 Å². The molecule has 0 saturated carbocycles. The summed E-state index contributed by atoms with van der Waals surface area (Å²) >= 11 is 0. The molecule has 2 rings (SSSR count). The predicted octanol–water partition coefficient (Wildman–Crippen LogP) is 0.698. The van der Waals surface area contributed by atoms with Gasteiger partial charge in [-0.2, -0.15) is 0 Å². The quantitative estimate of drug-likeness (QED) is 0.725. The molecule has 0 unspecified atom stereocenters. The monoisotopic (exact) mass is 293 g/mol. The molecule has 1 amide bonds. The van der Waals surface area contributed by atoms with Gasteiger partial charge in [0.15, 0.2) is 0 Å². The van der Waals surface area contributed by atoms with E-state index in [2.05, 4.69) is 15.5 Å². The van der Waals surface area contributed by atoms with Crippen molar-refractivity contribution in [1.29, 1.82) is 0 Å². The van der Waals surface area contributed by atoms with Gasteiger partial charge in [-0.1, -0.05) is 12.1 Å². The standard InChI is InChI=1S/C15H23N3O3/c1-20-9-6-16-12-15(19)17-13-4-2-3-5-14(13)18-7-10-21-11-8-18/h2-5,16H,6-12H2,1H3,(H,17,19). The Bertz CT molecular complexity index is 448. The number of carbonyl (C=O) groups is 1. The van der Waals surface area contributed by atoms with Gasteiger partial charge in [0.05, 0.1) is 37.7 Å². The molecule has 1 aliphatic heterocycles. The number of benzene rings is 1. The summed E-state index contributed by atoms with van der Waals surface area (Å²) in [5, 5.41) is 5.99.